The van der Waals surface area contributed by atoms with E-state index in [1.165, 1.54) is 0 Å². The summed E-state index contributed by atoms with van der Waals surface area (Å²) in [5.41, 5.74) is 0.887. The summed E-state index contributed by atoms with van der Waals surface area (Å²) in [5, 5.41) is 12.6. The first-order valence-corrected chi connectivity index (χ1v) is 6.78. The highest BCUT2D eigenvalue weighted by atomic mass is 16.4. The highest BCUT2D eigenvalue weighted by Gasteiger charge is 2.40. The number of hydrogen-bond donors (Lipinski definition) is 2. The predicted molar refractivity (Wildman–Crippen MR) is 76.5 cm³/mol. The van der Waals surface area contributed by atoms with Crippen LogP contribution < -0.4 is 5.32 Å². The maximum absolute atomic E-state index is 11.2. The van der Waals surface area contributed by atoms with Crippen molar-refractivity contribution >= 4 is 11.8 Å². The summed E-state index contributed by atoms with van der Waals surface area (Å²) in [7, 11) is 0. The van der Waals surface area contributed by atoms with Crippen LogP contribution in [0.5, 0.6) is 0 Å². The highest BCUT2D eigenvalue weighted by molar-refractivity contribution is 5.66. The fourth-order valence-electron chi connectivity index (χ4n) is 2.89. The van der Waals surface area contributed by atoms with Gasteiger partial charge in [-0.15, -0.1) is 0 Å². The zero-order valence-corrected chi connectivity index (χ0v) is 11.6. The standard InChI is InChI=1S/C15H22N2O2/c1-15(2)10-12(11-17(15)14(18)19)8-9-16-13-6-4-3-5-7-13/h3-7,12,16H,8-11H2,1-2H3,(H,18,19). The summed E-state index contributed by atoms with van der Waals surface area (Å²) in [6.07, 6.45) is 1.14. The fourth-order valence-corrected chi connectivity index (χ4v) is 2.89. The summed E-state index contributed by atoms with van der Waals surface area (Å²) in [6, 6.07) is 10.1. The van der Waals surface area contributed by atoms with Gasteiger partial charge in [0.25, 0.3) is 0 Å². The number of hydrogen-bond acceptors (Lipinski definition) is 2. The molecule has 2 rings (SSSR count). The minimum Gasteiger partial charge on any atom is -0.465 e. The Balaban J connectivity index is 1.81. The molecule has 1 aromatic rings. The Bertz CT molecular complexity index is 431. The van der Waals surface area contributed by atoms with E-state index < -0.39 is 6.09 Å². The van der Waals surface area contributed by atoms with E-state index in [1.54, 1.807) is 4.90 Å². The zero-order valence-electron chi connectivity index (χ0n) is 11.6. The molecule has 1 aliphatic heterocycles. The molecule has 104 valence electrons. The molecule has 4 nitrogen and oxygen atoms in total. The van der Waals surface area contributed by atoms with Crippen LogP contribution in [0.4, 0.5) is 10.5 Å². The Labute approximate surface area is 114 Å². The monoisotopic (exact) mass is 262 g/mol. The molecule has 1 aliphatic rings. The van der Waals surface area contributed by atoms with Crippen LogP contribution in [0.3, 0.4) is 0 Å². The van der Waals surface area contributed by atoms with Crippen molar-refractivity contribution in [1.82, 2.24) is 4.90 Å². The van der Waals surface area contributed by atoms with Gasteiger partial charge >= 0.3 is 6.09 Å². The molecule has 4 heteroatoms. The third-order valence-electron chi connectivity index (χ3n) is 3.85. The van der Waals surface area contributed by atoms with Crippen molar-refractivity contribution in [3.63, 3.8) is 0 Å². The van der Waals surface area contributed by atoms with Crippen molar-refractivity contribution in [2.45, 2.75) is 32.2 Å². The lowest BCUT2D eigenvalue weighted by molar-refractivity contribution is 0.117. The maximum Gasteiger partial charge on any atom is 0.407 e. The molecule has 0 bridgehead atoms. The Kier molecular flexibility index (Phi) is 3.98. The quantitative estimate of drug-likeness (QED) is 0.875. The first kappa shape index (κ1) is 13.7. The van der Waals surface area contributed by atoms with Crippen LogP contribution in [-0.4, -0.2) is 34.7 Å². The Morgan fingerprint density at radius 3 is 2.68 bits per heavy atom. The largest absolute Gasteiger partial charge is 0.465 e. The molecular formula is C15H22N2O2. The van der Waals surface area contributed by atoms with E-state index in [-0.39, 0.29) is 5.54 Å². The van der Waals surface area contributed by atoms with Crippen molar-refractivity contribution in [2.24, 2.45) is 5.92 Å². The number of likely N-dealkylation sites (tertiary alicyclic amines) is 1. The molecule has 1 aromatic carbocycles. The molecular weight excluding hydrogens is 240 g/mol. The molecule has 0 radical (unpaired) electrons. The molecule has 0 saturated carbocycles. The number of nitrogens with one attached hydrogen (secondary N) is 1. The lowest BCUT2D eigenvalue weighted by atomic mass is 9.94. The van der Waals surface area contributed by atoms with Crippen LogP contribution in [0.1, 0.15) is 26.7 Å². The van der Waals surface area contributed by atoms with E-state index in [1.807, 2.05) is 44.2 Å². The Morgan fingerprint density at radius 2 is 2.11 bits per heavy atom. The predicted octanol–water partition coefficient (Wildman–Crippen LogP) is 3.27. The molecule has 0 spiro atoms. The molecule has 0 aliphatic carbocycles. The van der Waals surface area contributed by atoms with Crippen LogP contribution in [0.25, 0.3) is 0 Å². The van der Waals surface area contributed by atoms with Crippen LogP contribution in [-0.2, 0) is 0 Å². The summed E-state index contributed by atoms with van der Waals surface area (Å²) < 4.78 is 0. The van der Waals surface area contributed by atoms with Gasteiger partial charge in [0.05, 0.1) is 0 Å². The SMILES string of the molecule is CC1(C)CC(CCNc2ccccc2)CN1C(=O)O. The second kappa shape index (κ2) is 5.51. The van der Waals surface area contributed by atoms with Gasteiger partial charge in [0.2, 0.25) is 0 Å². The van der Waals surface area contributed by atoms with Crippen molar-refractivity contribution in [3.05, 3.63) is 30.3 Å². The second-order valence-electron chi connectivity index (χ2n) is 5.86. The molecule has 19 heavy (non-hydrogen) atoms. The lowest BCUT2D eigenvalue weighted by Gasteiger charge is -2.28. The summed E-state index contributed by atoms with van der Waals surface area (Å²) in [4.78, 5) is 12.7. The van der Waals surface area contributed by atoms with Gasteiger partial charge in [-0.3, -0.25) is 0 Å². The van der Waals surface area contributed by atoms with E-state index in [0.29, 0.717) is 12.5 Å². The van der Waals surface area contributed by atoms with Gasteiger partial charge in [0.15, 0.2) is 0 Å². The topological polar surface area (TPSA) is 52.6 Å². The number of nitrogens with zero attached hydrogens (tertiary/aromatic N) is 1. The van der Waals surface area contributed by atoms with E-state index in [2.05, 4.69) is 5.32 Å². The number of para-hydroxylation sites is 1. The summed E-state index contributed by atoms with van der Waals surface area (Å²) in [5.74, 6) is 0.447. The van der Waals surface area contributed by atoms with Crippen molar-refractivity contribution < 1.29 is 9.90 Å². The number of carboxylic acid groups (broad SMARTS) is 1. The zero-order chi connectivity index (χ0) is 13.9. The van der Waals surface area contributed by atoms with Gasteiger partial charge in [0, 0.05) is 24.3 Å². The lowest BCUT2D eigenvalue weighted by Crippen LogP contribution is -2.41. The third kappa shape index (κ3) is 3.40. The van der Waals surface area contributed by atoms with Crippen LogP contribution in [0.2, 0.25) is 0 Å². The number of rotatable bonds is 4. The third-order valence-corrected chi connectivity index (χ3v) is 3.85. The number of benzene rings is 1. The Morgan fingerprint density at radius 1 is 1.42 bits per heavy atom. The van der Waals surface area contributed by atoms with Crippen molar-refractivity contribution in [2.75, 3.05) is 18.4 Å². The van der Waals surface area contributed by atoms with E-state index >= 15 is 0 Å². The average Bonchev–Trinajstić information content (AvgIpc) is 2.66. The second-order valence-corrected chi connectivity index (χ2v) is 5.86. The van der Waals surface area contributed by atoms with Crippen molar-refractivity contribution in [1.29, 1.82) is 0 Å². The van der Waals surface area contributed by atoms with Crippen LogP contribution in [0, 0.1) is 5.92 Å². The van der Waals surface area contributed by atoms with Crippen LogP contribution >= 0.6 is 0 Å². The summed E-state index contributed by atoms with van der Waals surface area (Å²) in [6.45, 7) is 5.55. The van der Waals surface area contributed by atoms with E-state index in [4.69, 9.17) is 0 Å². The molecule has 1 heterocycles. The molecule has 1 atom stereocenters. The minimum absolute atomic E-state index is 0.233. The molecule has 2 N–H and O–H groups in total. The fraction of sp³-hybridized carbons (Fsp3) is 0.533. The highest BCUT2D eigenvalue weighted by Crippen LogP contribution is 2.34. The normalized spacial score (nSPS) is 21.4. The smallest absolute Gasteiger partial charge is 0.407 e. The average molecular weight is 262 g/mol. The first-order valence-electron chi connectivity index (χ1n) is 6.78. The van der Waals surface area contributed by atoms with E-state index in [0.717, 1.165) is 25.1 Å². The molecule has 1 saturated heterocycles. The minimum atomic E-state index is -0.802. The van der Waals surface area contributed by atoms with Gasteiger partial charge in [-0.1, -0.05) is 18.2 Å². The number of amides is 1. The van der Waals surface area contributed by atoms with Gasteiger partial charge in [0.1, 0.15) is 0 Å². The molecule has 0 aromatic heterocycles. The van der Waals surface area contributed by atoms with Crippen LogP contribution in [0.15, 0.2) is 30.3 Å². The first-order chi connectivity index (χ1) is 8.99. The molecule has 1 amide bonds. The van der Waals surface area contributed by atoms with Gasteiger partial charge in [-0.2, -0.15) is 0 Å². The van der Waals surface area contributed by atoms with Crippen molar-refractivity contribution in [3.8, 4) is 0 Å². The number of carbonyl (C=O) groups is 1. The summed E-state index contributed by atoms with van der Waals surface area (Å²) >= 11 is 0. The van der Waals surface area contributed by atoms with Gasteiger partial charge < -0.3 is 15.3 Å². The maximum atomic E-state index is 11.2. The molecule has 1 fully saturated rings. The molecule has 1 unspecified atom stereocenters. The van der Waals surface area contributed by atoms with Gasteiger partial charge in [-0.25, -0.2) is 4.79 Å². The number of anilines is 1. The Hall–Kier alpha value is -1.71. The van der Waals surface area contributed by atoms with Gasteiger partial charge in [-0.05, 0) is 44.7 Å². The van der Waals surface area contributed by atoms with E-state index in [9.17, 15) is 9.90 Å².